The number of aromatic nitrogens is 3. The number of hydrogen-bond donors (Lipinski definition) is 1. The zero-order chi connectivity index (χ0) is 25.5. The van der Waals surface area contributed by atoms with Crippen molar-refractivity contribution in [3.63, 3.8) is 0 Å². The topological polar surface area (TPSA) is 78.3 Å². The number of nitrogens with zero attached hydrogens (tertiary/aromatic N) is 3. The maximum Gasteiger partial charge on any atom is 0.336 e. The molecule has 4 rings (SSSR count). The van der Waals surface area contributed by atoms with Crippen LogP contribution in [0.5, 0.6) is 11.8 Å². The van der Waals surface area contributed by atoms with E-state index in [0.717, 1.165) is 29.8 Å². The molecule has 0 aliphatic carbocycles. The molecule has 0 radical (unpaired) electrons. The molecular formula is C29H32N4O3. The Balaban J connectivity index is 1.50. The summed E-state index contributed by atoms with van der Waals surface area (Å²) in [5.74, 6) is 1.27. The molecule has 186 valence electrons. The molecule has 1 amide bonds. The van der Waals surface area contributed by atoms with Gasteiger partial charge in [0.25, 0.3) is 5.91 Å². The average molecular weight is 485 g/mol. The molecule has 0 atom stereocenters. The Kier molecular flexibility index (Phi) is 8.00. The van der Waals surface area contributed by atoms with Crippen LogP contribution in [0, 0.1) is 6.92 Å². The van der Waals surface area contributed by atoms with Crippen molar-refractivity contribution in [1.29, 1.82) is 0 Å². The van der Waals surface area contributed by atoms with Gasteiger partial charge in [-0.05, 0) is 75.7 Å². The number of benzene rings is 3. The van der Waals surface area contributed by atoms with Crippen molar-refractivity contribution in [2.24, 2.45) is 0 Å². The van der Waals surface area contributed by atoms with Gasteiger partial charge in [0.2, 0.25) is 0 Å². The molecule has 0 aliphatic heterocycles. The van der Waals surface area contributed by atoms with Crippen molar-refractivity contribution in [1.82, 2.24) is 14.8 Å². The molecule has 0 aliphatic rings. The van der Waals surface area contributed by atoms with E-state index >= 15 is 0 Å². The van der Waals surface area contributed by atoms with Gasteiger partial charge < -0.3 is 14.8 Å². The lowest BCUT2D eigenvalue weighted by molar-refractivity contribution is 0.102. The number of hydrogen-bond acceptors (Lipinski definition) is 5. The third-order valence-corrected chi connectivity index (χ3v) is 5.49. The zero-order valence-corrected chi connectivity index (χ0v) is 21.2. The largest absolute Gasteiger partial charge is 0.494 e. The van der Waals surface area contributed by atoms with E-state index in [1.54, 1.807) is 16.8 Å². The highest BCUT2D eigenvalue weighted by Crippen LogP contribution is 2.25. The molecule has 3 aromatic carbocycles. The number of amides is 1. The van der Waals surface area contributed by atoms with Crippen LogP contribution in [0.1, 0.15) is 49.5 Å². The van der Waals surface area contributed by atoms with Crippen molar-refractivity contribution in [3.05, 3.63) is 83.9 Å². The normalized spacial score (nSPS) is 10.9. The van der Waals surface area contributed by atoms with Crippen LogP contribution >= 0.6 is 0 Å². The minimum Gasteiger partial charge on any atom is -0.494 e. The predicted octanol–water partition coefficient (Wildman–Crippen LogP) is 6.46. The number of rotatable bonds is 10. The molecule has 0 saturated heterocycles. The summed E-state index contributed by atoms with van der Waals surface area (Å²) in [5, 5.41) is 7.52. The van der Waals surface area contributed by atoms with Crippen LogP contribution in [0.4, 0.5) is 5.69 Å². The number of carbonyl (C=O) groups excluding carboxylic acids is 1. The molecule has 0 unspecified atom stereocenters. The third-order valence-electron chi connectivity index (χ3n) is 5.49. The van der Waals surface area contributed by atoms with Crippen molar-refractivity contribution >= 4 is 11.6 Å². The summed E-state index contributed by atoms with van der Waals surface area (Å²) in [6.45, 7) is 8.73. The SMILES string of the molecule is CCCCOc1ccc(C(=O)Nc2ccc(-n3nc(OC(C)C)nc3-c3ccc(C)cc3)cc2)cc1. The average Bonchev–Trinajstić information content (AvgIpc) is 3.28. The molecule has 0 saturated carbocycles. The van der Waals surface area contributed by atoms with E-state index in [1.807, 2.05) is 81.4 Å². The first kappa shape index (κ1) is 25.0. The molecule has 0 spiro atoms. The van der Waals surface area contributed by atoms with Gasteiger partial charge in [-0.2, -0.15) is 4.98 Å². The Morgan fingerprint density at radius 3 is 2.31 bits per heavy atom. The van der Waals surface area contributed by atoms with Gasteiger partial charge in [-0.15, -0.1) is 5.10 Å². The van der Waals surface area contributed by atoms with E-state index < -0.39 is 0 Å². The molecule has 0 bridgehead atoms. The molecule has 7 nitrogen and oxygen atoms in total. The zero-order valence-electron chi connectivity index (χ0n) is 21.2. The van der Waals surface area contributed by atoms with Gasteiger partial charge in [0.1, 0.15) is 5.75 Å². The minimum absolute atomic E-state index is 0.0405. The summed E-state index contributed by atoms with van der Waals surface area (Å²) in [6.07, 6.45) is 2.04. The van der Waals surface area contributed by atoms with Gasteiger partial charge in [-0.1, -0.05) is 43.2 Å². The summed E-state index contributed by atoms with van der Waals surface area (Å²) < 4.78 is 13.2. The highest BCUT2D eigenvalue weighted by molar-refractivity contribution is 6.04. The first-order valence-corrected chi connectivity index (χ1v) is 12.3. The van der Waals surface area contributed by atoms with Crippen LogP contribution in [-0.4, -0.2) is 33.4 Å². The third kappa shape index (κ3) is 6.30. The summed E-state index contributed by atoms with van der Waals surface area (Å²) in [4.78, 5) is 17.3. The van der Waals surface area contributed by atoms with Crippen LogP contribution in [-0.2, 0) is 0 Å². The number of anilines is 1. The summed E-state index contributed by atoms with van der Waals surface area (Å²) in [6, 6.07) is 23.1. The molecule has 1 heterocycles. The summed E-state index contributed by atoms with van der Waals surface area (Å²) in [7, 11) is 0. The number of aryl methyl sites for hydroxylation is 1. The van der Waals surface area contributed by atoms with Gasteiger partial charge in [-0.3, -0.25) is 4.79 Å². The van der Waals surface area contributed by atoms with E-state index in [4.69, 9.17) is 9.47 Å². The highest BCUT2D eigenvalue weighted by Gasteiger charge is 2.16. The Hall–Kier alpha value is -4.13. The van der Waals surface area contributed by atoms with Gasteiger partial charge >= 0.3 is 6.01 Å². The Bertz CT molecular complexity index is 1280. The van der Waals surface area contributed by atoms with Crippen molar-refractivity contribution < 1.29 is 14.3 Å². The van der Waals surface area contributed by atoms with Gasteiger partial charge in [0, 0.05) is 16.8 Å². The number of unbranched alkanes of at least 4 members (excludes halogenated alkanes) is 1. The minimum atomic E-state index is -0.184. The Morgan fingerprint density at radius 2 is 1.67 bits per heavy atom. The van der Waals surface area contributed by atoms with Crippen LogP contribution in [0.25, 0.3) is 17.1 Å². The van der Waals surface area contributed by atoms with E-state index in [0.29, 0.717) is 29.7 Å². The van der Waals surface area contributed by atoms with E-state index in [9.17, 15) is 4.79 Å². The van der Waals surface area contributed by atoms with E-state index in [2.05, 4.69) is 22.3 Å². The molecule has 1 aromatic heterocycles. The summed E-state index contributed by atoms with van der Waals surface area (Å²) in [5.41, 5.74) is 4.16. The lowest BCUT2D eigenvalue weighted by atomic mass is 10.1. The van der Waals surface area contributed by atoms with Crippen LogP contribution in [0.3, 0.4) is 0 Å². The van der Waals surface area contributed by atoms with Gasteiger partial charge in [0.05, 0.1) is 18.4 Å². The van der Waals surface area contributed by atoms with Gasteiger partial charge in [-0.25, -0.2) is 4.68 Å². The quantitative estimate of drug-likeness (QED) is 0.261. The highest BCUT2D eigenvalue weighted by atomic mass is 16.5. The number of ether oxygens (including phenoxy) is 2. The van der Waals surface area contributed by atoms with Crippen LogP contribution < -0.4 is 14.8 Å². The fourth-order valence-electron chi connectivity index (χ4n) is 3.55. The second-order valence-corrected chi connectivity index (χ2v) is 8.89. The summed E-state index contributed by atoms with van der Waals surface area (Å²) >= 11 is 0. The lowest BCUT2D eigenvalue weighted by Gasteiger charge is -2.09. The first-order chi connectivity index (χ1) is 17.4. The number of nitrogens with one attached hydrogen (secondary N) is 1. The molecule has 36 heavy (non-hydrogen) atoms. The molecule has 1 N–H and O–H groups in total. The Morgan fingerprint density at radius 1 is 0.972 bits per heavy atom. The fraction of sp³-hybridized carbons (Fsp3) is 0.276. The standard InChI is InChI=1S/C29H32N4O3/c1-5-6-19-35-26-17-11-23(12-18-26)28(34)30-24-13-15-25(16-14-24)33-27(22-9-7-21(4)8-10-22)31-29(32-33)36-20(2)3/h7-18,20H,5-6,19H2,1-4H3,(H,30,34). The maximum atomic E-state index is 12.7. The molecule has 4 aromatic rings. The van der Waals surface area contributed by atoms with Crippen LogP contribution in [0.15, 0.2) is 72.8 Å². The molecular weight excluding hydrogens is 452 g/mol. The second kappa shape index (κ2) is 11.5. The van der Waals surface area contributed by atoms with E-state index in [1.165, 1.54) is 5.56 Å². The first-order valence-electron chi connectivity index (χ1n) is 12.3. The molecule has 0 fully saturated rings. The number of carbonyl (C=O) groups is 1. The molecule has 7 heteroatoms. The van der Waals surface area contributed by atoms with Gasteiger partial charge in [0.15, 0.2) is 5.82 Å². The van der Waals surface area contributed by atoms with E-state index in [-0.39, 0.29) is 12.0 Å². The van der Waals surface area contributed by atoms with Crippen molar-refractivity contribution in [3.8, 4) is 28.8 Å². The smallest absolute Gasteiger partial charge is 0.336 e. The monoisotopic (exact) mass is 484 g/mol. The maximum absolute atomic E-state index is 12.7. The lowest BCUT2D eigenvalue weighted by Crippen LogP contribution is -2.12. The Labute approximate surface area is 212 Å². The second-order valence-electron chi connectivity index (χ2n) is 8.89. The van der Waals surface area contributed by atoms with Crippen LogP contribution in [0.2, 0.25) is 0 Å². The fourth-order valence-corrected chi connectivity index (χ4v) is 3.55. The van der Waals surface area contributed by atoms with Crippen molar-refractivity contribution in [2.45, 2.75) is 46.6 Å². The van der Waals surface area contributed by atoms with Crippen molar-refractivity contribution in [2.75, 3.05) is 11.9 Å². The predicted molar refractivity (Wildman–Crippen MR) is 142 cm³/mol.